The number of halogens is 1. The number of hydrogen-bond acceptors (Lipinski definition) is 4. The summed E-state index contributed by atoms with van der Waals surface area (Å²) >= 11 is 0. The van der Waals surface area contributed by atoms with Crippen molar-refractivity contribution in [2.75, 3.05) is 38.1 Å². The van der Waals surface area contributed by atoms with Gasteiger partial charge in [0, 0.05) is 31.9 Å². The number of piperazine rings is 1. The van der Waals surface area contributed by atoms with Crippen LogP contribution in [0.15, 0.2) is 54.6 Å². The van der Waals surface area contributed by atoms with Gasteiger partial charge in [-0.15, -0.1) is 0 Å². The Balaban J connectivity index is 1.34. The van der Waals surface area contributed by atoms with Gasteiger partial charge in [-0.05, 0) is 55.2 Å². The van der Waals surface area contributed by atoms with Gasteiger partial charge in [-0.1, -0.05) is 31.0 Å². The summed E-state index contributed by atoms with van der Waals surface area (Å²) in [5, 5.41) is 2.97. The van der Waals surface area contributed by atoms with E-state index in [2.05, 4.69) is 10.2 Å². The van der Waals surface area contributed by atoms with E-state index in [4.69, 9.17) is 4.74 Å². The first-order valence-electron chi connectivity index (χ1n) is 11.4. The number of amides is 2. The summed E-state index contributed by atoms with van der Waals surface area (Å²) in [5.74, 6) is 0.571. The Hall–Kier alpha value is -2.93. The van der Waals surface area contributed by atoms with Crippen LogP contribution in [0.1, 0.15) is 25.7 Å². The van der Waals surface area contributed by atoms with Crippen molar-refractivity contribution in [3.63, 3.8) is 0 Å². The van der Waals surface area contributed by atoms with Crippen molar-refractivity contribution in [1.29, 1.82) is 0 Å². The molecular weight excluding hydrogens is 409 g/mol. The molecule has 1 saturated heterocycles. The van der Waals surface area contributed by atoms with E-state index in [0.717, 1.165) is 25.7 Å². The molecule has 1 unspecified atom stereocenters. The fourth-order valence-electron chi connectivity index (χ4n) is 4.70. The Morgan fingerprint density at radius 1 is 0.969 bits per heavy atom. The lowest BCUT2D eigenvalue weighted by molar-refractivity contribution is -0.136. The molecule has 32 heavy (non-hydrogen) atoms. The first-order chi connectivity index (χ1) is 15.6. The van der Waals surface area contributed by atoms with E-state index < -0.39 is 0 Å². The number of hydrogen-bond donors (Lipinski definition) is 1. The Bertz CT molecular complexity index is 892. The van der Waals surface area contributed by atoms with Crippen molar-refractivity contribution in [2.45, 2.75) is 31.7 Å². The van der Waals surface area contributed by atoms with Gasteiger partial charge in [0.05, 0.1) is 6.04 Å². The molecule has 2 aromatic rings. The van der Waals surface area contributed by atoms with Crippen molar-refractivity contribution >= 4 is 17.5 Å². The number of ether oxygens (including phenoxy) is 1. The highest BCUT2D eigenvalue weighted by molar-refractivity contribution is 5.95. The fraction of sp³-hybridized carbons (Fsp3) is 0.440. The Kier molecular flexibility index (Phi) is 7.37. The van der Waals surface area contributed by atoms with Crippen LogP contribution in [-0.4, -0.2) is 60.4 Å². The van der Waals surface area contributed by atoms with Crippen LogP contribution in [0.5, 0.6) is 5.75 Å². The number of carbonyl (C=O) groups excluding carboxylic acids is 2. The molecule has 1 heterocycles. The Labute approximate surface area is 188 Å². The van der Waals surface area contributed by atoms with Gasteiger partial charge in [-0.2, -0.15) is 0 Å². The van der Waals surface area contributed by atoms with E-state index in [1.807, 2.05) is 35.2 Å². The van der Waals surface area contributed by atoms with E-state index in [1.54, 1.807) is 12.1 Å². The molecule has 2 fully saturated rings. The largest absolute Gasteiger partial charge is 0.484 e. The van der Waals surface area contributed by atoms with Crippen molar-refractivity contribution in [2.24, 2.45) is 5.92 Å². The number of benzene rings is 2. The molecule has 170 valence electrons. The van der Waals surface area contributed by atoms with E-state index >= 15 is 0 Å². The van der Waals surface area contributed by atoms with E-state index in [1.165, 1.54) is 12.1 Å². The van der Waals surface area contributed by atoms with Crippen LogP contribution in [0.2, 0.25) is 0 Å². The van der Waals surface area contributed by atoms with E-state index in [9.17, 15) is 14.0 Å². The second-order valence-corrected chi connectivity index (χ2v) is 8.50. The zero-order valence-corrected chi connectivity index (χ0v) is 18.2. The van der Waals surface area contributed by atoms with Gasteiger partial charge in [0.25, 0.3) is 5.91 Å². The Morgan fingerprint density at radius 3 is 2.28 bits per heavy atom. The summed E-state index contributed by atoms with van der Waals surface area (Å²) in [4.78, 5) is 29.8. The molecule has 7 heteroatoms. The number of rotatable bonds is 7. The van der Waals surface area contributed by atoms with Crippen LogP contribution in [0.25, 0.3) is 0 Å². The summed E-state index contributed by atoms with van der Waals surface area (Å²) < 4.78 is 18.8. The number of carbonyl (C=O) groups is 2. The minimum atomic E-state index is -0.327. The highest BCUT2D eigenvalue weighted by Gasteiger charge is 2.37. The summed E-state index contributed by atoms with van der Waals surface area (Å²) in [7, 11) is 0. The smallest absolute Gasteiger partial charge is 0.260 e. The second-order valence-electron chi connectivity index (χ2n) is 8.50. The van der Waals surface area contributed by atoms with Gasteiger partial charge in [0.1, 0.15) is 11.6 Å². The highest BCUT2D eigenvalue weighted by atomic mass is 19.1. The highest BCUT2D eigenvalue weighted by Crippen LogP contribution is 2.31. The molecule has 2 aliphatic rings. The predicted octanol–water partition coefficient (Wildman–Crippen LogP) is 3.55. The van der Waals surface area contributed by atoms with Crippen LogP contribution >= 0.6 is 0 Å². The fourth-order valence-corrected chi connectivity index (χ4v) is 4.70. The molecule has 2 amide bonds. The minimum absolute atomic E-state index is 0.0150. The van der Waals surface area contributed by atoms with Crippen LogP contribution in [0.3, 0.4) is 0 Å². The minimum Gasteiger partial charge on any atom is -0.484 e. The summed E-state index contributed by atoms with van der Waals surface area (Å²) in [5.41, 5.74) is 0.603. The third-order valence-corrected chi connectivity index (χ3v) is 6.39. The maximum absolute atomic E-state index is 13.2. The molecule has 1 aliphatic carbocycles. The van der Waals surface area contributed by atoms with Crippen LogP contribution in [0, 0.1) is 11.7 Å². The summed E-state index contributed by atoms with van der Waals surface area (Å²) in [6, 6.07) is 14.9. The maximum Gasteiger partial charge on any atom is 0.260 e. The monoisotopic (exact) mass is 439 g/mol. The van der Waals surface area contributed by atoms with Gasteiger partial charge in [-0.3, -0.25) is 14.5 Å². The number of nitrogens with one attached hydrogen (secondary N) is 1. The van der Waals surface area contributed by atoms with Gasteiger partial charge in [0.2, 0.25) is 5.91 Å². The molecular formula is C25H30FN3O3. The SMILES string of the molecule is O=C(Nc1ccc(F)cc1)C(C1CCCC1)N1CCN(C(=O)COc2ccccc2)CC1. The Morgan fingerprint density at radius 2 is 1.62 bits per heavy atom. The van der Waals surface area contributed by atoms with Gasteiger partial charge < -0.3 is 15.0 Å². The maximum atomic E-state index is 13.2. The van der Waals surface area contributed by atoms with Crippen LogP contribution in [0.4, 0.5) is 10.1 Å². The average Bonchev–Trinajstić information content (AvgIpc) is 3.34. The number of nitrogens with zero attached hydrogens (tertiary/aromatic N) is 2. The van der Waals surface area contributed by atoms with Crippen LogP contribution < -0.4 is 10.1 Å². The van der Waals surface area contributed by atoms with Gasteiger partial charge in [0.15, 0.2) is 6.61 Å². The van der Waals surface area contributed by atoms with Crippen LogP contribution in [-0.2, 0) is 9.59 Å². The molecule has 0 bridgehead atoms. The molecule has 0 aromatic heterocycles. The zero-order valence-electron chi connectivity index (χ0n) is 18.2. The predicted molar refractivity (Wildman–Crippen MR) is 121 cm³/mol. The molecule has 1 atom stereocenters. The lowest BCUT2D eigenvalue weighted by Crippen LogP contribution is -2.57. The quantitative estimate of drug-likeness (QED) is 0.717. The third-order valence-electron chi connectivity index (χ3n) is 6.39. The van der Waals surface area contributed by atoms with Gasteiger partial charge in [-0.25, -0.2) is 4.39 Å². The first kappa shape index (κ1) is 22.3. The molecule has 4 rings (SSSR count). The lowest BCUT2D eigenvalue weighted by Gasteiger charge is -2.40. The average molecular weight is 440 g/mol. The van der Waals surface area contributed by atoms with Crippen molar-refractivity contribution in [3.05, 3.63) is 60.4 Å². The normalized spacial score (nSPS) is 18.3. The van der Waals surface area contributed by atoms with Crippen molar-refractivity contribution in [1.82, 2.24) is 9.80 Å². The summed E-state index contributed by atoms with van der Waals surface area (Å²) in [6.45, 7) is 2.46. The topological polar surface area (TPSA) is 61.9 Å². The second kappa shape index (κ2) is 10.6. The number of para-hydroxylation sites is 1. The number of anilines is 1. The van der Waals surface area contributed by atoms with E-state index in [0.29, 0.717) is 43.5 Å². The molecule has 1 saturated carbocycles. The molecule has 1 aliphatic heterocycles. The van der Waals surface area contributed by atoms with Crippen molar-refractivity contribution in [3.8, 4) is 5.75 Å². The lowest BCUT2D eigenvalue weighted by atomic mass is 9.95. The molecule has 1 N–H and O–H groups in total. The zero-order chi connectivity index (χ0) is 22.3. The van der Waals surface area contributed by atoms with Crippen molar-refractivity contribution < 1.29 is 18.7 Å². The van der Waals surface area contributed by atoms with Gasteiger partial charge >= 0.3 is 0 Å². The van der Waals surface area contributed by atoms with E-state index in [-0.39, 0.29) is 30.3 Å². The summed E-state index contributed by atoms with van der Waals surface area (Å²) in [6.07, 6.45) is 4.34. The molecule has 2 aromatic carbocycles. The molecule has 0 radical (unpaired) electrons. The standard InChI is InChI=1S/C25H30FN3O3/c26-20-10-12-21(13-11-20)27-25(31)24(19-6-4-5-7-19)29-16-14-28(15-17-29)23(30)18-32-22-8-2-1-3-9-22/h1-3,8-13,19,24H,4-7,14-18H2,(H,27,31). The first-order valence-corrected chi connectivity index (χ1v) is 11.4. The molecule has 0 spiro atoms. The third kappa shape index (κ3) is 5.65. The molecule has 6 nitrogen and oxygen atoms in total.